The molecule has 0 bridgehead atoms. The molecule has 9 aromatic rings. The van der Waals surface area contributed by atoms with E-state index in [2.05, 4.69) is 196 Å². The van der Waals surface area contributed by atoms with Crippen LogP contribution in [0.5, 0.6) is 11.5 Å². The first-order valence-electron chi connectivity index (χ1n) is 19.8. The normalized spacial score (nSPS) is 14.4. The molecule has 1 aliphatic heterocycles. The maximum absolute atomic E-state index is 6.94. The number of furan rings is 1. The quantitative estimate of drug-likeness (QED) is 0.176. The van der Waals surface area contributed by atoms with Gasteiger partial charge in [-0.25, -0.2) is 0 Å². The van der Waals surface area contributed by atoms with Crippen LogP contribution in [-0.2, 0) is 10.8 Å². The fraction of sp³-hybridized carbons (Fsp3) is 0.111. The maximum Gasteiger partial charge on any atom is 0.143 e. The van der Waals surface area contributed by atoms with Gasteiger partial charge in [0.25, 0.3) is 0 Å². The van der Waals surface area contributed by atoms with Crippen molar-refractivity contribution >= 4 is 39.0 Å². The van der Waals surface area contributed by atoms with Crippen molar-refractivity contribution in [1.82, 2.24) is 0 Å². The molecule has 0 radical (unpaired) electrons. The van der Waals surface area contributed by atoms with E-state index >= 15 is 0 Å². The van der Waals surface area contributed by atoms with Gasteiger partial charge in [0, 0.05) is 44.4 Å². The number of anilines is 3. The van der Waals surface area contributed by atoms with Crippen molar-refractivity contribution in [2.45, 2.75) is 38.5 Å². The topological polar surface area (TPSA) is 25.6 Å². The van der Waals surface area contributed by atoms with Crippen molar-refractivity contribution in [2.24, 2.45) is 0 Å². The SMILES string of the molecule is CC1(C)c2ccccc2-c2ccc(N(c3cc(-c4ccccc4)cc(-c4ccccc4)c3)c3ccc4c(c3)C(C)(C)c3ccc5oc6ccccc6c5c3O4)cc21. The van der Waals surface area contributed by atoms with Gasteiger partial charge >= 0.3 is 0 Å². The van der Waals surface area contributed by atoms with Crippen LogP contribution in [0.4, 0.5) is 17.1 Å². The van der Waals surface area contributed by atoms with Crippen molar-refractivity contribution in [3.05, 3.63) is 198 Å². The van der Waals surface area contributed by atoms with Crippen LogP contribution in [0, 0.1) is 0 Å². The van der Waals surface area contributed by atoms with E-state index in [1.807, 2.05) is 12.1 Å². The minimum Gasteiger partial charge on any atom is -0.456 e. The van der Waals surface area contributed by atoms with E-state index in [0.717, 1.165) is 72.8 Å². The molecule has 0 spiro atoms. The minimum atomic E-state index is -0.361. The number of para-hydroxylation sites is 1. The molecule has 0 N–H and O–H groups in total. The van der Waals surface area contributed by atoms with E-state index in [9.17, 15) is 0 Å². The van der Waals surface area contributed by atoms with Gasteiger partial charge in [-0.05, 0) is 105 Å². The molecule has 2 heterocycles. The fourth-order valence-corrected chi connectivity index (χ4v) is 9.49. The molecule has 1 aliphatic carbocycles. The van der Waals surface area contributed by atoms with Gasteiger partial charge in [0.1, 0.15) is 22.7 Å². The van der Waals surface area contributed by atoms with Crippen LogP contribution in [-0.4, -0.2) is 0 Å². The first-order valence-corrected chi connectivity index (χ1v) is 19.8. The highest BCUT2D eigenvalue weighted by Crippen LogP contribution is 2.55. The number of fused-ring (bicyclic) bond motifs is 9. The first-order chi connectivity index (χ1) is 27.8. The molecular formula is C54H41NO2. The summed E-state index contributed by atoms with van der Waals surface area (Å²) in [6, 6.07) is 63.6. The van der Waals surface area contributed by atoms with Crippen LogP contribution < -0.4 is 9.64 Å². The van der Waals surface area contributed by atoms with E-state index in [0.29, 0.717) is 0 Å². The molecule has 3 nitrogen and oxygen atoms in total. The van der Waals surface area contributed by atoms with Crippen molar-refractivity contribution in [3.63, 3.8) is 0 Å². The summed E-state index contributed by atoms with van der Waals surface area (Å²) in [7, 11) is 0. The zero-order valence-electron chi connectivity index (χ0n) is 32.5. The Hall–Kier alpha value is -6.84. The van der Waals surface area contributed by atoms with Crippen LogP contribution in [0.25, 0.3) is 55.3 Å². The summed E-state index contributed by atoms with van der Waals surface area (Å²) in [6.45, 7) is 9.33. The molecule has 1 aromatic heterocycles. The highest BCUT2D eigenvalue weighted by Gasteiger charge is 2.38. The van der Waals surface area contributed by atoms with Crippen molar-refractivity contribution in [2.75, 3.05) is 4.90 Å². The molecule has 274 valence electrons. The predicted octanol–water partition coefficient (Wildman–Crippen LogP) is 15.1. The lowest BCUT2D eigenvalue weighted by Gasteiger charge is -2.36. The lowest BCUT2D eigenvalue weighted by atomic mass is 9.75. The van der Waals surface area contributed by atoms with Crippen LogP contribution in [0.3, 0.4) is 0 Å². The summed E-state index contributed by atoms with van der Waals surface area (Å²) in [6.07, 6.45) is 0. The molecule has 11 rings (SSSR count). The Kier molecular flexibility index (Phi) is 7.25. The van der Waals surface area contributed by atoms with Gasteiger partial charge in [-0.3, -0.25) is 0 Å². The molecule has 57 heavy (non-hydrogen) atoms. The largest absolute Gasteiger partial charge is 0.456 e. The lowest BCUT2D eigenvalue weighted by molar-refractivity contribution is 0.423. The molecule has 0 amide bonds. The van der Waals surface area contributed by atoms with E-state index in [1.165, 1.54) is 33.4 Å². The third-order valence-electron chi connectivity index (χ3n) is 12.5. The van der Waals surface area contributed by atoms with Gasteiger partial charge in [0.05, 0.1) is 5.39 Å². The Morgan fingerprint density at radius 3 is 1.74 bits per heavy atom. The summed E-state index contributed by atoms with van der Waals surface area (Å²) in [4.78, 5) is 2.44. The molecule has 0 unspecified atom stereocenters. The van der Waals surface area contributed by atoms with E-state index in [1.54, 1.807) is 0 Å². The fourth-order valence-electron chi connectivity index (χ4n) is 9.49. The van der Waals surface area contributed by atoms with E-state index < -0.39 is 0 Å². The highest BCUT2D eigenvalue weighted by molar-refractivity contribution is 6.09. The number of benzene rings is 8. The summed E-state index contributed by atoms with van der Waals surface area (Å²) in [5.74, 6) is 1.74. The average molecular weight is 736 g/mol. The molecular weight excluding hydrogens is 695 g/mol. The molecule has 0 saturated carbocycles. The highest BCUT2D eigenvalue weighted by atomic mass is 16.5. The summed E-state index contributed by atoms with van der Waals surface area (Å²) in [5.41, 5.74) is 16.8. The first kappa shape index (κ1) is 33.5. The van der Waals surface area contributed by atoms with Crippen LogP contribution in [0.15, 0.2) is 180 Å². The van der Waals surface area contributed by atoms with Gasteiger partial charge in [-0.1, -0.05) is 143 Å². The molecule has 3 heteroatoms. The van der Waals surface area contributed by atoms with Gasteiger partial charge in [-0.15, -0.1) is 0 Å². The second-order valence-corrected chi connectivity index (χ2v) is 16.6. The number of hydrogen-bond donors (Lipinski definition) is 0. The van der Waals surface area contributed by atoms with Crippen LogP contribution >= 0.6 is 0 Å². The number of ether oxygens (including phenoxy) is 1. The summed E-state index contributed by atoms with van der Waals surface area (Å²) in [5, 5.41) is 2.10. The standard InChI is InChI=1S/C54H41NO2/c1-53(2)44-21-13-11-19-41(44)42-25-23-38(32-46(42)53)55(40-30-36(34-15-7-5-8-16-34)29-37(31-40)35-17-9-6-10-18-35)39-24-27-49-47(33-39)54(3,4)45-26-28-50-51(52(45)57-49)43-20-12-14-22-48(43)56-50/h5-33H,1-4H3. The van der Waals surface area contributed by atoms with E-state index in [-0.39, 0.29) is 10.8 Å². The lowest BCUT2D eigenvalue weighted by Crippen LogP contribution is -2.25. The predicted molar refractivity (Wildman–Crippen MR) is 235 cm³/mol. The Morgan fingerprint density at radius 1 is 0.404 bits per heavy atom. The van der Waals surface area contributed by atoms with Gasteiger partial charge in [0.2, 0.25) is 0 Å². The Morgan fingerprint density at radius 2 is 1.00 bits per heavy atom. The van der Waals surface area contributed by atoms with Crippen molar-refractivity contribution in [3.8, 4) is 44.9 Å². The summed E-state index contributed by atoms with van der Waals surface area (Å²) < 4.78 is 13.2. The van der Waals surface area contributed by atoms with Crippen molar-refractivity contribution in [1.29, 1.82) is 0 Å². The zero-order chi connectivity index (χ0) is 38.5. The molecule has 0 fully saturated rings. The second kappa shape index (κ2) is 12.3. The smallest absolute Gasteiger partial charge is 0.143 e. The monoisotopic (exact) mass is 735 g/mol. The average Bonchev–Trinajstić information content (AvgIpc) is 3.74. The van der Waals surface area contributed by atoms with Crippen LogP contribution in [0.1, 0.15) is 49.9 Å². The Bertz CT molecular complexity index is 2990. The molecule has 8 aromatic carbocycles. The van der Waals surface area contributed by atoms with Gasteiger partial charge < -0.3 is 14.1 Å². The number of nitrogens with zero attached hydrogens (tertiary/aromatic N) is 1. The number of hydrogen-bond acceptors (Lipinski definition) is 3. The molecule has 0 saturated heterocycles. The molecule has 0 atom stereocenters. The second-order valence-electron chi connectivity index (χ2n) is 16.6. The third kappa shape index (κ3) is 5.12. The van der Waals surface area contributed by atoms with Gasteiger partial charge in [-0.2, -0.15) is 0 Å². The Labute approximate surface area is 333 Å². The van der Waals surface area contributed by atoms with E-state index in [4.69, 9.17) is 9.15 Å². The number of rotatable bonds is 5. The van der Waals surface area contributed by atoms with Gasteiger partial charge in [0.15, 0.2) is 0 Å². The Balaban J connectivity index is 1.13. The van der Waals surface area contributed by atoms with Crippen LogP contribution in [0.2, 0.25) is 0 Å². The maximum atomic E-state index is 6.94. The summed E-state index contributed by atoms with van der Waals surface area (Å²) >= 11 is 0. The molecule has 2 aliphatic rings. The zero-order valence-corrected chi connectivity index (χ0v) is 32.5. The third-order valence-corrected chi connectivity index (χ3v) is 12.5. The minimum absolute atomic E-state index is 0.146. The van der Waals surface area contributed by atoms with Crippen molar-refractivity contribution < 1.29 is 9.15 Å².